The second-order valence-corrected chi connectivity index (χ2v) is 2.79. The van der Waals surface area contributed by atoms with Crippen LogP contribution in [0.2, 0.25) is 0 Å². The first-order chi connectivity index (χ1) is 5.35. The zero-order chi connectivity index (χ0) is 8.53. The first-order valence-electron chi connectivity index (χ1n) is 4.45. The Labute approximate surface area is 69.5 Å². The van der Waals surface area contributed by atoms with Gasteiger partial charge >= 0.3 is 0 Å². The van der Waals surface area contributed by atoms with Crippen molar-refractivity contribution in [2.75, 3.05) is 0 Å². The maximum absolute atomic E-state index is 10.2. The summed E-state index contributed by atoms with van der Waals surface area (Å²) in [5.74, 6) is 0.471. The average Bonchev–Trinajstić information content (AvgIpc) is 2.03. The zero-order valence-electron chi connectivity index (χ0n) is 7.55. The van der Waals surface area contributed by atoms with Crippen molar-refractivity contribution in [2.24, 2.45) is 5.92 Å². The van der Waals surface area contributed by atoms with Gasteiger partial charge in [-0.15, -0.1) is 0 Å². The van der Waals surface area contributed by atoms with E-state index in [1.807, 2.05) is 0 Å². The van der Waals surface area contributed by atoms with Crippen LogP contribution in [0.4, 0.5) is 0 Å². The van der Waals surface area contributed by atoms with Gasteiger partial charge < -0.3 is 4.79 Å². The van der Waals surface area contributed by atoms with E-state index in [9.17, 15) is 4.79 Å². The fourth-order valence-corrected chi connectivity index (χ4v) is 0.960. The minimum Gasteiger partial charge on any atom is -0.303 e. The molecule has 1 heteroatoms. The molecule has 0 spiro atoms. The van der Waals surface area contributed by atoms with E-state index in [0.717, 1.165) is 19.1 Å². The van der Waals surface area contributed by atoms with E-state index >= 15 is 0 Å². The quantitative estimate of drug-likeness (QED) is 0.424. The molecule has 0 rings (SSSR count). The average molecular weight is 154 g/mol. The summed E-state index contributed by atoms with van der Waals surface area (Å²) in [6.45, 7) is 4.27. The number of hydrogen-bond acceptors (Lipinski definition) is 1. The Hall–Kier alpha value is -0.590. The summed E-state index contributed by atoms with van der Waals surface area (Å²) >= 11 is 0. The fraction of sp³-hybridized carbons (Fsp3) is 0.700. The lowest BCUT2D eigenvalue weighted by Gasteiger charge is -2.03. The molecule has 0 saturated heterocycles. The Morgan fingerprint density at radius 1 is 1.36 bits per heavy atom. The van der Waals surface area contributed by atoms with Crippen LogP contribution in [0.3, 0.4) is 0 Å². The van der Waals surface area contributed by atoms with Crippen molar-refractivity contribution in [3.05, 3.63) is 12.2 Å². The van der Waals surface area contributed by atoms with Gasteiger partial charge in [0.1, 0.15) is 6.29 Å². The predicted octanol–water partition coefficient (Wildman–Crippen LogP) is 2.96. The SMILES string of the molecule is CCCC=CC(CC)CC=O. The van der Waals surface area contributed by atoms with E-state index in [4.69, 9.17) is 0 Å². The molecular weight excluding hydrogens is 136 g/mol. The largest absolute Gasteiger partial charge is 0.303 e. The highest BCUT2D eigenvalue weighted by Gasteiger charge is 1.98. The van der Waals surface area contributed by atoms with Gasteiger partial charge in [-0.25, -0.2) is 0 Å². The van der Waals surface area contributed by atoms with Crippen molar-refractivity contribution in [3.63, 3.8) is 0 Å². The van der Waals surface area contributed by atoms with Gasteiger partial charge in [0.2, 0.25) is 0 Å². The Balaban J connectivity index is 3.57. The molecule has 11 heavy (non-hydrogen) atoms. The number of carbonyl (C=O) groups excluding carboxylic acids is 1. The Morgan fingerprint density at radius 3 is 2.55 bits per heavy atom. The molecule has 0 aromatic heterocycles. The molecule has 1 unspecified atom stereocenters. The molecule has 1 atom stereocenters. The second-order valence-electron chi connectivity index (χ2n) is 2.79. The van der Waals surface area contributed by atoms with Crippen LogP contribution in [-0.4, -0.2) is 6.29 Å². The van der Waals surface area contributed by atoms with E-state index in [1.165, 1.54) is 6.42 Å². The monoisotopic (exact) mass is 154 g/mol. The molecule has 0 heterocycles. The number of aldehydes is 1. The van der Waals surface area contributed by atoms with Gasteiger partial charge in [0.05, 0.1) is 0 Å². The van der Waals surface area contributed by atoms with Crippen LogP contribution in [0.15, 0.2) is 12.2 Å². The van der Waals surface area contributed by atoms with Gasteiger partial charge in [-0.2, -0.15) is 0 Å². The Morgan fingerprint density at radius 2 is 2.09 bits per heavy atom. The number of allylic oxidation sites excluding steroid dienone is 2. The molecule has 64 valence electrons. The van der Waals surface area contributed by atoms with Crippen molar-refractivity contribution in [3.8, 4) is 0 Å². The molecule has 0 N–H and O–H groups in total. The van der Waals surface area contributed by atoms with Gasteiger partial charge in [0.15, 0.2) is 0 Å². The molecule has 0 aliphatic heterocycles. The third-order valence-corrected chi connectivity index (χ3v) is 1.79. The minimum absolute atomic E-state index is 0.471. The van der Waals surface area contributed by atoms with Crippen LogP contribution in [0, 0.1) is 5.92 Å². The summed E-state index contributed by atoms with van der Waals surface area (Å²) in [7, 11) is 0. The van der Waals surface area contributed by atoms with Crippen LogP contribution in [0.5, 0.6) is 0 Å². The van der Waals surface area contributed by atoms with Crippen molar-refractivity contribution in [2.45, 2.75) is 39.5 Å². The lowest BCUT2D eigenvalue weighted by molar-refractivity contribution is -0.108. The molecular formula is C10H18O. The van der Waals surface area contributed by atoms with E-state index in [2.05, 4.69) is 26.0 Å². The highest BCUT2D eigenvalue weighted by atomic mass is 16.1. The van der Waals surface area contributed by atoms with Crippen LogP contribution in [0.1, 0.15) is 39.5 Å². The number of unbranched alkanes of at least 4 members (excludes halogenated alkanes) is 1. The highest BCUT2D eigenvalue weighted by molar-refractivity contribution is 5.50. The van der Waals surface area contributed by atoms with Gasteiger partial charge in [-0.3, -0.25) is 0 Å². The number of hydrogen-bond donors (Lipinski definition) is 0. The molecule has 0 saturated carbocycles. The summed E-state index contributed by atoms with van der Waals surface area (Å²) in [5.41, 5.74) is 0. The van der Waals surface area contributed by atoms with E-state index in [0.29, 0.717) is 12.3 Å². The summed E-state index contributed by atoms with van der Waals surface area (Å²) < 4.78 is 0. The third kappa shape index (κ3) is 5.84. The Bertz CT molecular complexity index is 116. The third-order valence-electron chi connectivity index (χ3n) is 1.79. The predicted molar refractivity (Wildman–Crippen MR) is 48.5 cm³/mol. The molecule has 0 radical (unpaired) electrons. The normalized spacial score (nSPS) is 13.6. The lowest BCUT2D eigenvalue weighted by Crippen LogP contribution is -1.94. The zero-order valence-corrected chi connectivity index (χ0v) is 7.55. The summed E-state index contributed by atoms with van der Waals surface area (Å²) in [6, 6.07) is 0. The maximum atomic E-state index is 10.2. The first-order valence-corrected chi connectivity index (χ1v) is 4.45. The van der Waals surface area contributed by atoms with Crippen LogP contribution in [-0.2, 0) is 4.79 Å². The molecule has 1 nitrogen and oxygen atoms in total. The maximum Gasteiger partial charge on any atom is 0.120 e. The van der Waals surface area contributed by atoms with Crippen molar-refractivity contribution in [1.29, 1.82) is 0 Å². The minimum atomic E-state index is 0.471. The molecule has 0 aliphatic rings. The molecule has 0 aliphatic carbocycles. The van der Waals surface area contributed by atoms with E-state index < -0.39 is 0 Å². The molecule has 0 aromatic carbocycles. The fourth-order valence-electron chi connectivity index (χ4n) is 0.960. The number of rotatable bonds is 6. The standard InChI is InChI=1S/C10H18O/c1-3-5-6-7-10(4-2)8-9-11/h6-7,9-10H,3-5,8H2,1-2H3. The highest BCUT2D eigenvalue weighted by Crippen LogP contribution is 2.08. The van der Waals surface area contributed by atoms with Crippen molar-refractivity contribution >= 4 is 6.29 Å². The topological polar surface area (TPSA) is 17.1 Å². The summed E-state index contributed by atoms with van der Waals surface area (Å²) in [6.07, 6.45) is 9.42. The number of carbonyl (C=O) groups is 1. The van der Waals surface area contributed by atoms with Crippen LogP contribution >= 0.6 is 0 Å². The summed E-state index contributed by atoms with van der Waals surface area (Å²) in [5, 5.41) is 0. The van der Waals surface area contributed by atoms with Crippen molar-refractivity contribution < 1.29 is 4.79 Å². The molecule has 0 bridgehead atoms. The molecule has 0 aromatic rings. The lowest BCUT2D eigenvalue weighted by atomic mass is 10.0. The van der Waals surface area contributed by atoms with Gasteiger partial charge in [-0.1, -0.05) is 32.4 Å². The molecule has 0 fully saturated rings. The van der Waals surface area contributed by atoms with Gasteiger partial charge in [0.25, 0.3) is 0 Å². The van der Waals surface area contributed by atoms with Crippen molar-refractivity contribution in [1.82, 2.24) is 0 Å². The summed E-state index contributed by atoms with van der Waals surface area (Å²) in [4.78, 5) is 10.2. The first kappa shape index (κ1) is 10.4. The van der Waals surface area contributed by atoms with Gasteiger partial charge in [-0.05, 0) is 18.8 Å². The van der Waals surface area contributed by atoms with E-state index in [1.54, 1.807) is 0 Å². The molecule has 0 amide bonds. The van der Waals surface area contributed by atoms with Crippen LogP contribution in [0.25, 0.3) is 0 Å². The van der Waals surface area contributed by atoms with Crippen LogP contribution < -0.4 is 0 Å². The van der Waals surface area contributed by atoms with E-state index in [-0.39, 0.29) is 0 Å². The second kappa shape index (κ2) is 7.52. The Kier molecular flexibility index (Phi) is 7.11. The smallest absolute Gasteiger partial charge is 0.120 e. The van der Waals surface area contributed by atoms with Gasteiger partial charge in [0, 0.05) is 6.42 Å².